The molecule has 0 spiro atoms. The normalized spacial score (nSPS) is 16.2. The van der Waals surface area contributed by atoms with Crippen molar-refractivity contribution in [3.05, 3.63) is 96.8 Å². The summed E-state index contributed by atoms with van der Waals surface area (Å²) in [6, 6.07) is 21.8. The van der Waals surface area contributed by atoms with Crippen LogP contribution < -0.4 is 14.3 Å². The number of quaternary nitrogens is 1. The molecule has 0 saturated carbocycles. The van der Waals surface area contributed by atoms with Gasteiger partial charge in [-0.3, -0.25) is 0 Å². The van der Waals surface area contributed by atoms with Crippen LogP contribution in [0, 0.1) is 0 Å². The van der Waals surface area contributed by atoms with Gasteiger partial charge in [0.1, 0.15) is 23.2 Å². The molecule has 2 amide bonds. The van der Waals surface area contributed by atoms with Gasteiger partial charge in [-0.15, -0.1) is 0 Å². The summed E-state index contributed by atoms with van der Waals surface area (Å²) in [4.78, 5) is 43.1. The first-order valence-electron chi connectivity index (χ1n) is 13.2. The quantitative estimate of drug-likeness (QED) is 0.139. The largest absolute Gasteiger partial charge is 0.497 e. The van der Waals surface area contributed by atoms with Gasteiger partial charge in [0.15, 0.2) is 0 Å². The van der Waals surface area contributed by atoms with Crippen LogP contribution in [-0.2, 0) is 4.74 Å². The second-order valence-corrected chi connectivity index (χ2v) is 10.4. The first-order chi connectivity index (χ1) is 20.0. The summed E-state index contributed by atoms with van der Waals surface area (Å²) < 4.78 is 10.1. The molecule has 0 aromatic heterocycles. The Morgan fingerprint density at radius 1 is 0.905 bits per heavy atom. The Labute approximate surface area is 243 Å². The van der Waals surface area contributed by atoms with Crippen LogP contribution in [-0.4, -0.2) is 48.1 Å². The lowest BCUT2D eigenvalue weighted by molar-refractivity contribution is -0.257. The molecule has 0 saturated heterocycles. The summed E-state index contributed by atoms with van der Waals surface area (Å²) in [5, 5.41) is 20.7. The van der Waals surface area contributed by atoms with Crippen LogP contribution in [0.4, 0.5) is 26.7 Å². The fourth-order valence-corrected chi connectivity index (χ4v) is 4.03. The van der Waals surface area contributed by atoms with Gasteiger partial charge < -0.3 is 24.3 Å². The Morgan fingerprint density at radius 2 is 1.52 bits per heavy atom. The van der Waals surface area contributed by atoms with E-state index in [-0.39, 0.29) is 24.6 Å². The van der Waals surface area contributed by atoms with Crippen molar-refractivity contribution in [3.8, 4) is 5.75 Å². The summed E-state index contributed by atoms with van der Waals surface area (Å²) >= 11 is 0. The summed E-state index contributed by atoms with van der Waals surface area (Å²) in [6.45, 7) is 5.46. The lowest BCUT2D eigenvalue weighted by Crippen LogP contribution is -2.59. The van der Waals surface area contributed by atoms with Crippen molar-refractivity contribution in [2.24, 2.45) is 15.2 Å². The van der Waals surface area contributed by atoms with Crippen LogP contribution in [0.25, 0.3) is 0 Å². The van der Waals surface area contributed by atoms with Gasteiger partial charge >= 0.3 is 12.1 Å². The van der Waals surface area contributed by atoms with E-state index < -0.39 is 28.2 Å². The van der Waals surface area contributed by atoms with Crippen LogP contribution in [0.3, 0.4) is 0 Å². The predicted octanol–water partition coefficient (Wildman–Crippen LogP) is 6.11. The Balaban J connectivity index is 1.41. The van der Waals surface area contributed by atoms with E-state index in [4.69, 9.17) is 9.47 Å². The Hall–Kier alpha value is -5.16. The summed E-state index contributed by atoms with van der Waals surface area (Å²) in [6.07, 6.45) is 0.967. The fourth-order valence-electron chi connectivity index (χ4n) is 4.03. The second-order valence-electron chi connectivity index (χ2n) is 10.4. The highest BCUT2D eigenvalue weighted by molar-refractivity contribution is 6.10. The Bertz CT molecular complexity index is 1530. The maximum atomic E-state index is 12.7. The highest BCUT2D eigenvalue weighted by atomic mass is 16.6. The number of benzene rings is 3. The first-order valence-corrected chi connectivity index (χ1v) is 13.2. The Kier molecular flexibility index (Phi) is 8.92. The molecule has 1 aliphatic heterocycles. The van der Waals surface area contributed by atoms with Gasteiger partial charge in [0.05, 0.1) is 29.6 Å². The molecule has 0 aliphatic carbocycles. The van der Waals surface area contributed by atoms with Crippen molar-refractivity contribution < 1.29 is 29.0 Å². The third-order valence-corrected chi connectivity index (χ3v) is 6.18. The smallest absolute Gasteiger partial charge is 0.410 e. The van der Waals surface area contributed by atoms with Gasteiger partial charge in [0.25, 0.3) is 6.09 Å². The number of carboxylic acid groups (broad SMARTS) is 1. The number of rotatable bonds is 8. The zero-order chi connectivity index (χ0) is 30.3. The van der Waals surface area contributed by atoms with Crippen molar-refractivity contribution in [2.45, 2.75) is 32.8 Å². The van der Waals surface area contributed by atoms with Crippen molar-refractivity contribution in [1.82, 2.24) is 9.38 Å². The number of esters is 1. The molecule has 4 rings (SSSR count). The van der Waals surface area contributed by atoms with E-state index in [0.717, 1.165) is 0 Å². The lowest BCUT2D eigenvalue weighted by atomic mass is 10.2. The topological polar surface area (TPSA) is 133 Å². The predicted molar refractivity (Wildman–Crippen MR) is 156 cm³/mol. The molecule has 1 aliphatic rings. The van der Waals surface area contributed by atoms with E-state index in [2.05, 4.69) is 15.2 Å². The molecule has 0 radical (unpaired) electrons. The lowest BCUT2D eigenvalue weighted by Gasteiger charge is -2.32. The molecule has 1 heterocycles. The molecule has 42 heavy (non-hydrogen) atoms. The van der Waals surface area contributed by atoms with E-state index in [1.54, 1.807) is 52.1 Å². The van der Waals surface area contributed by atoms with Crippen LogP contribution in [0.1, 0.15) is 37.6 Å². The molecule has 11 heteroatoms. The molecule has 1 atom stereocenters. The van der Waals surface area contributed by atoms with Crippen LogP contribution in [0.15, 0.2) is 106 Å². The van der Waals surface area contributed by atoms with Gasteiger partial charge in [-0.1, -0.05) is 18.2 Å². The number of carbonyl (C=O) groups is 3. The van der Waals surface area contributed by atoms with E-state index in [1.165, 1.54) is 41.6 Å². The van der Waals surface area contributed by atoms with Crippen molar-refractivity contribution in [3.63, 3.8) is 0 Å². The maximum Gasteiger partial charge on any atom is 0.410 e. The molecular formula is C31H31N5O6. The van der Waals surface area contributed by atoms with Crippen molar-refractivity contribution in [2.75, 3.05) is 13.6 Å². The number of hydrogen-bond donors (Lipinski definition) is 0. The van der Waals surface area contributed by atoms with Crippen LogP contribution in [0.5, 0.6) is 5.75 Å². The van der Waals surface area contributed by atoms with E-state index in [1.807, 2.05) is 30.3 Å². The van der Waals surface area contributed by atoms with Gasteiger partial charge in [0.2, 0.25) is 5.84 Å². The van der Waals surface area contributed by atoms with Gasteiger partial charge in [0, 0.05) is 25.7 Å². The average molecular weight is 570 g/mol. The Morgan fingerprint density at radius 3 is 2.12 bits per heavy atom. The minimum absolute atomic E-state index is 0.147. The first kappa shape index (κ1) is 29.8. The van der Waals surface area contributed by atoms with Crippen LogP contribution >= 0.6 is 0 Å². The minimum Gasteiger partial charge on any atom is -0.497 e. The number of amidine groups is 1. The SMILES string of the molecule is CN(CCC1=NC=C[N+]1(C(=O)[O-])c1ccc(OC(=O)c2ccc(N=Nc3ccccc3)cc2)cc1)C(=O)OC(C)(C)C. The number of hydrogen-bond acceptors (Lipinski definition) is 9. The maximum absolute atomic E-state index is 12.7. The molecule has 11 nitrogen and oxygen atoms in total. The van der Waals surface area contributed by atoms with Gasteiger partial charge in [-0.2, -0.15) is 14.7 Å². The molecule has 1 unspecified atom stereocenters. The molecular weight excluding hydrogens is 538 g/mol. The van der Waals surface area contributed by atoms with Crippen molar-refractivity contribution >= 4 is 41.1 Å². The summed E-state index contributed by atoms with van der Waals surface area (Å²) in [5.41, 5.74) is 1.25. The third kappa shape index (κ3) is 7.12. The zero-order valence-electron chi connectivity index (χ0n) is 23.8. The highest BCUT2D eigenvalue weighted by Crippen LogP contribution is 2.31. The molecule has 3 aromatic rings. The monoisotopic (exact) mass is 569 g/mol. The molecule has 216 valence electrons. The van der Waals surface area contributed by atoms with E-state index in [0.29, 0.717) is 22.6 Å². The number of ether oxygens (including phenoxy) is 2. The minimum atomic E-state index is -1.42. The molecule has 0 fully saturated rings. The highest BCUT2D eigenvalue weighted by Gasteiger charge is 2.41. The average Bonchev–Trinajstić information content (AvgIpc) is 3.40. The number of azo groups is 1. The van der Waals surface area contributed by atoms with Crippen LogP contribution in [0.2, 0.25) is 0 Å². The fraction of sp³-hybridized carbons (Fsp3) is 0.226. The van der Waals surface area contributed by atoms with E-state index in [9.17, 15) is 19.5 Å². The molecule has 0 N–H and O–H groups in total. The standard InChI is InChI=1S/C31H31N5O6/c1-31(2,3)42-29(38)35(4)20-18-27-32-19-21-36(27,30(39)40)25-14-16-26(17-15-25)41-28(37)22-10-12-24(13-11-22)34-33-23-8-6-5-7-9-23/h5-17,19,21H,18,20H2,1-4H3. The zero-order valence-corrected chi connectivity index (χ0v) is 23.8. The molecule has 3 aromatic carbocycles. The molecule has 0 bridgehead atoms. The van der Waals surface area contributed by atoms with Gasteiger partial charge in [-0.05, 0) is 69.3 Å². The summed E-state index contributed by atoms with van der Waals surface area (Å²) in [5.74, 6) is -0.120. The van der Waals surface area contributed by atoms with E-state index >= 15 is 0 Å². The third-order valence-electron chi connectivity index (χ3n) is 6.18. The number of amides is 2. The summed E-state index contributed by atoms with van der Waals surface area (Å²) in [7, 11) is 1.57. The number of nitrogens with zero attached hydrogens (tertiary/aromatic N) is 5. The second kappa shape index (κ2) is 12.6. The van der Waals surface area contributed by atoms with Gasteiger partial charge in [-0.25, -0.2) is 14.6 Å². The number of carbonyl (C=O) groups excluding carboxylic acids is 3. The van der Waals surface area contributed by atoms with Crippen molar-refractivity contribution in [1.29, 1.82) is 0 Å². The number of aliphatic imine (C=N–C) groups is 1.